The number of ether oxygens (including phenoxy) is 2. The first-order chi connectivity index (χ1) is 21.8. The molecular formula is C39H28O4P2. The lowest BCUT2D eigenvalue weighted by Crippen LogP contribution is -2.31. The van der Waals surface area contributed by atoms with Crippen molar-refractivity contribution in [2.45, 2.75) is 19.3 Å². The van der Waals surface area contributed by atoms with Gasteiger partial charge in [-0.1, -0.05) is 86.6 Å². The Morgan fingerprint density at radius 2 is 0.756 bits per heavy atom. The van der Waals surface area contributed by atoms with Crippen LogP contribution in [0.2, 0.25) is 0 Å². The Kier molecular flexibility index (Phi) is 5.47. The second-order valence-corrected chi connectivity index (χ2v) is 17.8. The molecular weight excluding hydrogens is 594 g/mol. The van der Waals surface area contributed by atoms with E-state index in [1.54, 1.807) is 0 Å². The minimum absolute atomic E-state index is 0.425. The van der Waals surface area contributed by atoms with E-state index in [-0.39, 0.29) is 0 Å². The number of hydrogen-bond acceptors (Lipinski definition) is 4. The maximum Gasteiger partial charge on any atom is 0.178 e. The van der Waals surface area contributed by atoms with Crippen LogP contribution >= 0.6 is 14.3 Å². The van der Waals surface area contributed by atoms with Crippen LogP contribution in [0, 0.1) is 0 Å². The van der Waals surface area contributed by atoms with E-state index in [2.05, 4.69) is 38.1 Å². The van der Waals surface area contributed by atoms with Crippen LogP contribution in [0.4, 0.5) is 0 Å². The third-order valence-electron chi connectivity index (χ3n) is 9.63. The molecule has 2 aliphatic heterocycles. The number of hydrogen-bond donors (Lipinski definition) is 0. The molecule has 0 saturated heterocycles. The Balaban J connectivity index is 1.22. The third kappa shape index (κ3) is 3.50. The van der Waals surface area contributed by atoms with Crippen molar-refractivity contribution in [1.29, 1.82) is 0 Å². The van der Waals surface area contributed by atoms with Crippen LogP contribution in [0.5, 0.6) is 23.0 Å². The molecule has 218 valence electrons. The Bertz CT molecular complexity index is 2080. The van der Waals surface area contributed by atoms with Crippen molar-refractivity contribution < 1.29 is 18.6 Å². The lowest BCUT2D eigenvalue weighted by molar-refractivity contribution is 0.485. The SMILES string of the molecule is CC1(C)c2cc(P3(=O)c4ccccc4Oc4ccccc43)ccc2-c2ccc(P3(=O)c4ccccc4Oc4ccccc43)cc21. The molecule has 0 radical (unpaired) electrons. The molecule has 6 aromatic carbocycles. The lowest BCUT2D eigenvalue weighted by atomic mass is 9.82. The Morgan fingerprint density at radius 3 is 1.09 bits per heavy atom. The average Bonchev–Trinajstić information content (AvgIpc) is 3.30. The summed E-state index contributed by atoms with van der Waals surface area (Å²) in [6.07, 6.45) is 0. The largest absolute Gasteiger partial charge is 0.456 e. The molecule has 0 unspecified atom stereocenters. The average molecular weight is 623 g/mol. The molecule has 45 heavy (non-hydrogen) atoms. The molecule has 0 atom stereocenters. The summed E-state index contributed by atoms with van der Waals surface area (Å²) in [5, 5.41) is 4.43. The highest BCUT2D eigenvalue weighted by atomic mass is 31.2. The van der Waals surface area contributed by atoms with Gasteiger partial charge >= 0.3 is 0 Å². The molecule has 9 rings (SSSR count). The Labute approximate surface area is 262 Å². The molecule has 1 aliphatic carbocycles. The topological polar surface area (TPSA) is 52.6 Å². The first kappa shape index (κ1) is 26.8. The van der Waals surface area contributed by atoms with Crippen LogP contribution in [0.3, 0.4) is 0 Å². The van der Waals surface area contributed by atoms with Crippen molar-refractivity contribution in [2.24, 2.45) is 0 Å². The predicted molar refractivity (Wildman–Crippen MR) is 183 cm³/mol. The molecule has 6 heteroatoms. The Morgan fingerprint density at radius 1 is 0.444 bits per heavy atom. The number of para-hydroxylation sites is 4. The van der Waals surface area contributed by atoms with Gasteiger partial charge in [-0.15, -0.1) is 0 Å². The van der Waals surface area contributed by atoms with Gasteiger partial charge in [-0.3, -0.25) is 0 Å². The zero-order valence-electron chi connectivity index (χ0n) is 24.7. The third-order valence-corrected chi connectivity index (χ3v) is 15.8. The van der Waals surface area contributed by atoms with Gasteiger partial charge in [-0.2, -0.15) is 0 Å². The normalized spacial score (nSPS) is 16.8. The second-order valence-electron chi connectivity index (χ2n) is 12.4. The van der Waals surface area contributed by atoms with Gasteiger partial charge in [0.1, 0.15) is 23.0 Å². The van der Waals surface area contributed by atoms with Gasteiger partial charge in [-0.05, 0) is 82.9 Å². The summed E-state index contributed by atoms with van der Waals surface area (Å²) < 4.78 is 43.1. The van der Waals surface area contributed by atoms with Crippen molar-refractivity contribution in [3.63, 3.8) is 0 Å². The first-order valence-corrected chi connectivity index (χ1v) is 18.5. The standard InChI is InChI=1S/C39H28O4P2/c1-39(2)29-23-25(44(40)35-15-7-3-11-31(35)42-32-12-4-8-16-36(32)44)19-21-27(29)28-22-20-26(24-30(28)39)45(41)37-17-9-5-13-33(37)43-34-14-6-10-18-38(34)45/h3-24H,1-2H3. The maximum atomic E-state index is 15.4. The van der Waals surface area contributed by atoms with Gasteiger partial charge in [0.2, 0.25) is 0 Å². The monoisotopic (exact) mass is 622 g/mol. The lowest BCUT2D eigenvalue weighted by Gasteiger charge is -2.30. The Hall–Kier alpha value is -4.62. The molecule has 0 fully saturated rings. The van der Waals surface area contributed by atoms with E-state index in [0.29, 0.717) is 44.2 Å². The van der Waals surface area contributed by atoms with E-state index in [1.807, 2.05) is 109 Å². The van der Waals surface area contributed by atoms with Gasteiger partial charge in [0.25, 0.3) is 0 Å². The number of benzene rings is 6. The molecule has 0 bridgehead atoms. The summed E-state index contributed by atoms with van der Waals surface area (Å²) in [5.41, 5.74) is 4.01. The van der Waals surface area contributed by atoms with Crippen LogP contribution in [0.1, 0.15) is 25.0 Å². The smallest absolute Gasteiger partial charge is 0.178 e. The van der Waals surface area contributed by atoms with E-state index in [4.69, 9.17) is 9.47 Å². The molecule has 2 heterocycles. The summed E-state index contributed by atoms with van der Waals surface area (Å²) >= 11 is 0. The molecule has 4 nitrogen and oxygen atoms in total. The zero-order valence-corrected chi connectivity index (χ0v) is 26.5. The fourth-order valence-electron chi connectivity index (χ4n) is 7.37. The van der Waals surface area contributed by atoms with Crippen LogP contribution in [-0.2, 0) is 14.5 Å². The number of rotatable bonds is 2. The minimum Gasteiger partial charge on any atom is -0.456 e. The summed E-state index contributed by atoms with van der Waals surface area (Å²) in [6.45, 7) is 4.41. The van der Waals surface area contributed by atoms with Crippen molar-refractivity contribution in [3.8, 4) is 34.1 Å². The number of fused-ring (bicyclic) bond motifs is 7. The summed E-state index contributed by atoms with van der Waals surface area (Å²) in [4.78, 5) is 0. The van der Waals surface area contributed by atoms with Crippen molar-refractivity contribution in [3.05, 3.63) is 145 Å². The van der Waals surface area contributed by atoms with Crippen LogP contribution < -0.4 is 41.3 Å². The highest BCUT2D eigenvalue weighted by Gasteiger charge is 2.44. The van der Waals surface area contributed by atoms with E-state index in [0.717, 1.165) is 32.9 Å². The van der Waals surface area contributed by atoms with Crippen LogP contribution in [-0.4, -0.2) is 0 Å². The quantitative estimate of drug-likeness (QED) is 0.188. The van der Waals surface area contributed by atoms with Gasteiger partial charge in [0.15, 0.2) is 14.3 Å². The minimum atomic E-state index is -3.23. The summed E-state index contributed by atoms with van der Waals surface area (Å²) in [5.74, 6) is 2.53. The zero-order chi connectivity index (χ0) is 30.6. The molecule has 0 N–H and O–H groups in total. The fraction of sp³-hybridized carbons (Fsp3) is 0.0769. The van der Waals surface area contributed by atoms with Crippen molar-refractivity contribution >= 4 is 46.1 Å². The van der Waals surface area contributed by atoms with Crippen molar-refractivity contribution in [2.75, 3.05) is 0 Å². The highest BCUT2D eigenvalue weighted by Crippen LogP contribution is 2.56. The van der Waals surface area contributed by atoms with Crippen LogP contribution in [0.25, 0.3) is 11.1 Å². The first-order valence-electron chi connectivity index (χ1n) is 15.1. The van der Waals surface area contributed by atoms with Gasteiger partial charge in [-0.25, -0.2) is 0 Å². The molecule has 0 aromatic heterocycles. The van der Waals surface area contributed by atoms with E-state index >= 15 is 9.13 Å². The molecule has 6 aromatic rings. The summed E-state index contributed by atoms with van der Waals surface area (Å²) in [7, 11) is -6.46. The van der Waals surface area contributed by atoms with Gasteiger partial charge in [0, 0.05) is 16.0 Å². The van der Waals surface area contributed by atoms with E-state index < -0.39 is 19.7 Å². The second kappa shape index (κ2) is 9.21. The molecule has 0 saturated carbocycles. The highest BCUT2D eigenvalue weighted by molar-refractivity contribution is 7.86. The van der Waals surface area contributed by atoms with Gasteiger partial charge in [0.05, 0.1) is 21.2 Å². The summed E-state index contributed by atoms with van der Waals surface area (Å²) in [6, 6.07) is 43.1. The van der Waals surface area contributed by atoms with E-state index in [1.165, 1.54) is 0 Å². The van der Waals surface area contributed by atoms with Crippen LogP contribution in [0.15, 0.2) is 133 Å². The fourth-order valence-corrected chi connectivity index (χ4v) is 13.1. The molecule has 0 amide bonds. The van der Waals surface area contributed by atoms with Gasteiger partial charge < -0.3 is 18.6 Å². The predicted octanol–water partition coefficient (Wildman–Crippen LogP) is 7.48. The molecule has 3 aliphatic rings. The maximum absolute atomic E-state index is 15.4. The van der Waals surface area contributed by atoms with E-state index in [9.17, 15) is 0 Å². The van der Waals surface area contributed by atoms with Crippen molar-refractivity contribution in [1.82, 2.24) is 0 Å². The molecule has 0 spiro atoms.